The van der Waals surface area contributed by atoms with Crippen LogP contribution in [0.25, 0.3) is 0 Å². The number of rotatable bonds is 2. The van der Waals surface area contributed by atoms with Crippen molar-refractivity contribution in [1.29, 1.82) is 10.8 Å². The van der Waals surface area contributed by atoms with Gasteiger partial charge in [0, 0.05) is 0 Å². The summed E-state index contributed by atoms with van der Waals surface area (Å²) in [4.78, 5) is 0. The van der Waals surface area contributed by atoms with Crippen molar-refractivity contribution in [3.05, 3.63) is 23.2 Å². The van der Waals surface area contributed by atoms with E-state index in [1.165, 1.54) is 0 Å². The summed E-state index contributed by atoms with van der Waals surface area (Å²) in [5.74, 6) is 1.34. The minimum atomic E-state index is -0.265. The summed E-state index contributed by atoms with van der Waals surface area (Å²) in [6.07, 6.45) is 0. The predicted octanol–water partition coefficient (Wildman–Crippen LogP) is 0.404. The van der Waals surface area contributed by atoms with E-state index < -0.39 is 0 Å². The van der Waals surface area contributed by atoms with Crippen molar-refractivity contribution >= 4 is 11.9 Å². The molecule has 0 saturated carbocycles. The smallest absolute Gasteiger partial charge is 0.195 e. The lowest BCUT2D eigenvalue weighted by molar-refractivity contribution is 0.475. The Kier molecular flexibility index (Phi) is 3.33. The summed E-state index contributed by atoms with van der Waals surface area (Å²) in [5.41, 5.74) is 6.14. The fourth-order valence-corrected chi connectivity index (χ4v) is 1.09. The first-order chi connectivity index (χ1) is 6.99. The quantitative estimate of drug-likeness (QED) is 0.358. The third-order valence-corrected chi connectivity index (χ3v) is 1.92. The molecule has 6 N–H and O–H groups in total. The van der Waals surface area contributed by atoms with Crippen molar-refractivity contribution in [1.82, 2.24) is 10.6 Å². The maximum absolute atomic E-state index is 7.34. The zero-order valence-electron chi connectivity index (χ0n) is 8.77. The number of nitrogens with two attached hydrogens (primary N) is 1. The molecule has 0 atom stereocenters. The van der Waals surface area contributed by atoms with Gasteiger partial charge in [0.2, 0.25) is 0 Å². The van der Waals surface area contributed by atoms with Gasteiger partial charge in [-0.15, -0.1) is 0 Å². The van der Waals surface area contributed by atoms with Crippen LogP contribution in [0.5, 0.6) is 0 Å². The van der Waals surface area contributed by atoms with Crippen LogP contribution in [0, 0.1) is 24.7 Å². The van der Waals surface area contributed by atoms with Crippen LogP contribution in [0.15, 0.2) is 10.5 Å². The normalized spacial score (nSPS) is 9.73. The zero-order chi connectivity index (χ0) is 11.4. The SMILES string of the molecule is Cc1cc(CNC(=N)NC(=N)N)oc1C. The van der Waals surface area contributed by atoms with Crippen LogP contribution in [-0.2, 0) is 6.54 Å². The van der Waals surface area contributed by atoms with Crippen molar-refractivity contribution in [2.75, 3.05) is 0 Å². The Bertz CT molecular complexity index is 362. The molecule has 0 aliphatic heterocycles. The number of nitrogens with one attached hydrogen (secondary N) is 4. The van der Waals surface area contributed by atoms with E-state index in [1.54, 1.807) is 0 Å². The summed E-state index contributed by atoms with van der Waals surface area (Å²) < 4.78 is 5.40. The Morgan fingerprint density at radius 3 is 2.60 bits per heavy atom. The van der Waals surface area contributed by atoms with Crippen LogP contribution in [0.4, 0.5) is 0 Å². The zero-order valence-corrected chi connectivity index (χ0v) is 8.77. The maximum Gasteiger partial charge on any atom is 0.195 e. The standard InChI is InChI=1S/C9H15N5O/c1-5-3-7(15-6(5)2)4-13-9(12)14-8(10)11/h3H,4H2,1-2H3,(H6,10,11,12,13,14). The second-order valence-electron chi connectivity index (χ2n) is 3.22. The summed E-state index contributed by atoms with van der Waals surface area (Å²) in [6.45, 7) is 4.24. The van der Waals surface area contributed by atoms with E-state index in [9.17, 15) is 0 Å². The third kappa shape index (κ3) is 3.34. The summed E-state index contributed by atoms with van der Waals surface area (Å²) >= 11 is 0. The first kappa shape index (κ1) is 11.1. The molecule has 6 heteroatoms. The largest absolute Gasteiger partial charge is 0.464 e. The van der Waals surface area contributed by atoms with Gasteiger partial charge in [-0.05, 0) is 25.5 Å². The molecule has 0 unspecified atom stereocenters. The van der Waals surface area contributed by atoms with Gasteiger partial charge in [0.1, 0.15) is 11.5 Å². The third-order valence-electron chi connectivity index (χ3n) is 1.92. The fourth-order valence-electron chi connectivity index (χ4n) is 1.09. The molecule has 1 heterocycles. The summed E-state index contributed by atoms with van der Waals surface area (Å²) in [6, 6.07) is 1.91. The first-order valence-electron chi connectivity index (χ1n) is 4.48. The molecule has 0 aliphatic carbocycles. The minimum Gasteiger partial charge on any atom is -0.464 e. The van der Waals surface area contributed by atoms with Crippen molar-refractivity contribution in [2.45, 2.75) is 20.4 Å². The summed E-state index contributed by atoms with van der Waals surface area (Å²) in [5, 5.41) is 19.3. The van der Waals surface area contributed by atoms with Gasteiger partial charge in [-0.3, -0.25) is 16.1 Å². The molecule has 0 fully saturated rings. The molecule has 0 aromatic carbocycles. The highest BCUT2D eigenvalue weighted by atomic mass is 16.3. The fraction of sp³-hybridized carbons (Fsp3) is 0.333. The van der Waals surface area contributed by atoms with E-state index in [-0.39, 0.29) is 11.9 Å². The van der Waals surface area contributed by atoms with Crippen molar-refractivity contribution < 1.29 is 4.42 Å². The Morgan fingerprint density at radius 1 is 1.47 bits per heavy atom. The van der Waals surface area contributed by atoms with Crippen molar-refractivity contribution in [3.8, 4) is 0 Å². The van der Waals surface area contributed by atoms with Crippen LogP contribution < -0.4 is 16.4 Å². The molecule has 0 saturated heterocycles. The second kappa shape index (κ2) is 4.50. The molecule has 0 radical (unpaired) electrons. The average Bonchev–Trinajstić information content (AvgIpc) is 2.42. The molecule has 82 valence electrons. The number of hydrogen-bond donors (Lipinski definition) is 5. The molecular formula is C9H15N5O. The van der Waals surface area contributed by atoms with Crippen LogP contribution in [-0.4, -0.2) is 11.9 Å². The summed E-state index contributed by atoms with van der Waals surface area (Å²) in [7, 11) is 0. The molecule has 1 aromatic heterocycles. The van der Waals surface area contributed by atoms with Gasteiger partial charge in [-0.25, -0.2) is 0 Å². The van der Waals surface area contributed by atoms with E-state index >= 15 is 0 Å². The number of hydrogen-bond acceptors (Lipinski definition) is 3. The van der Waals surface area contributed by atoms with Gasteiger partial charge in [0.05, 0.1) is 6.54 Å². The Labute approximate surface area is 87.9 Å². The molecular weight excluding hydrogens is 194 g/mol. The molecule has 1 rings (SSSR count). The Balaban J connectivity index is 2.43. The molecule has 0 spiro atoms. The van der Waals surface area contributed by atoms with Gasteiger partial charge < -0.3 is 15.5 Å². The van der Waals surface area contributed by atoms with Gasteiger partial charge in [-0.2, -0.15) is 0 Å². The van der Waals surface area contributed by atoms with E-state index in [4.69, 9.17) is 21.0 Å². The molecule has 1 aromatic rings. The average molecular weight is 209 g/mol. The molecule has 0 aliphatic rings. The Hall–Kier alpha value is -1.98. The van der Waals surface area contributed by atoms with E-state index in [1.807, 2.05) is 19.9 Å². The van der Waals surface area contributed by atoms with Gasteiger partial charge in [-0.1, -0.05) is 0 Å². The second-order valence-corrected chi connectivity index (χ2v) is 3.22. The van der Waals surface area contributed by atoms with Crippen molar-refractivity contribution in [3.63, 3.8) is 0 Å². The number of aryl methyl sites for hydroxylation is 2. The first-order valence-corrected chi connectivity index (χ1v) is 4.48. The highest BCUT2D eigenvalue weighted by Gasteiger charge is 2.04. The maximum atomic E-state index is 7.34. The van der Waals surface area contributed by atoms with Crippen LogP contribution in [0.3, 0.4) is 0 Å². The predicted molar refractivity (Wildman–Crippen MR) is 57.8 cm³/mol. The van der Waals surface area contributed by atoms with Gasteiger partial charge in [0.15, 0.2) is 11.9 Å². The lowest BCUT2D eigenvalue weighted by Crippen LogP contribution is -2.42. The monoisotopic (exact) mass is 209 g/mol. The number of guanidine groups is 2. The topological polar surface area (TPSA) is 111 Å². The van der Waals surface area contributed by atoms with E-state index in [0.29, 0.717) is 6.54 Å². The van der Waals surface area contributed by atoms with Gasteiger partial charge in [0.25, 0.3) is 0 Å². The van der Waals surface area contributed by atoms with E-state index in [2.05, 4.69) is 10.6 Å². The highest BCUT2D eigenvalue weighted by Crippen LogP contribution is 2.12. The van der Waals surface area contributed by atoms with Crippen LogP contribution >= 0.6 is 0 Å². The lowest BCUT2D eigenvalue weighted by atomic mass is 10.3. The minimum absolute atomic E-state index is 0.0193. The molecule has 6 nitrogen and oxygen atoms in total. The van der Waals surface area contributed by atoms with Crippen molar-refractivity contribution in [2.24, 2.45) is 5.73 Å². The molecule has 0 bridgehead atoms. The lowest BCUT2D eigenvalue weighted by Gasteiger charge is -2.06. The number of furan rings is 1. The van der Waals surface area contributed by atoms with Crippen LogP contribution in [0.1, 0.15) is 17.1 Å². The van der Waals surface area contributed by atoms with Crippen LogP contribution in [0.2, 0.25) is 0 Å². The molecule has 15 heavy (non-hydrogen) atoms. The molecule has 0 amide bonds. The van der Waals surface area contributed by atoms with Gasteiger partial charge >= 0.3 is 0 Å². The van der Waals surface area contributed by atoms with E-state index in [0.717, 1.165) is 17.1 Å². The highest BCUT2D eigenvalue weighted by molar-refractivity contribution is 5.94. The Morgan fingerprint density at radius 2 is 2.13 bits per heavy atom.